The van der Waals surface area contributed by atoms with E-state index in [2.05, 4.69) is 6.58 Å². The molecule has 19 heavy (non-hydrogen) atoms. The lowest BCUT2D eigenvalue weighted by molar-refractivity contribution is -0.114. The fourth-order valence-corrected chi connectivity index (χ4v) is 1.86. The van der Waals surface area contributed by atoms with Crippen LogP contribution in [0.15, 0.2) is 36.4 Å². The summed E-state index contributed by atoms with van der Waals surface area (Å²) in [5, 5.41) is 37.9. The minimum absolute atomic E-state index is 0.00900. The Balaban J connectivity index is 2.56. The molecule has 0 atom stereocenters. The zero-order valence-corrected chi connectivity index (χ0v) is 9.92. The highest BCUT2D eigenvalue weighted by Crippen LogP contribution is 2.47. The van der Waals surface area contributed by atoms with Crippen LogP contribution >= 0.6 is 0 Å². The van der Waals surface area contributed by atoms with Crippen molar-refractivity contribution >= 4 is 11.4 Å². The molecule has 0 spiro atoms. The highest BCUT2D eigenvalue weighted by atomic mass is 16.3. The summed E-state index contributed by atoms with van der Waals surface area (Å²) < 4.78 is 0. The van der Waals surface area contributed by atoms with E-state index in [4.69, 9.17) is 0 Å². The minimum atomic E-state index is -0.818. The number of allylic oxidation sites excluding steroid dienone is 5. The molecule has 0 aliphatic heterocycles. The van der Waals surface area contributed by atoms with E-state index in [1.807, 2.05) is 0 Å². The van der Waals surface area contributed by atoms with Gasteiger partial charge in [-0.25, -0.2) is 0 Å². The Morgan fingerprint density at radius 2 is 1.74 bits per heavy atom. The van der Waals surface area contributed by atoms with Gasteiger partial charge >= 0.3 is 0 Å². The highest BCUT2D eigenvalue weighted by molar-refractivity contribution is 6.06. The third-order valence-electron chi connectivity index (χ3n) is 2.93. The lowest BCUT2D eigenvalue weighted by Gasteiger charge is -2.15. The molecule has 1 aromatic carbocycles. The van der Waals surface area contributed by atoms with Crippen molar-refractivity contribution in [1.29, 1.82) is 0 Å². The van der Waals surface area contributed by atoms with Gasteiger partial charge in [0.2, 0.25) is 11.5 Å². The van der Waals surface area contributed by atoms with Crippen LogP contribution in [0.2, 0.25) is 0 Å². The molecule has 0 bridgehead atoms. The van der Waals surface area contributed by atoms with Crippen molar-refractivity contribution < 1.29 is 25.2 Å². The second kappa shape index (κ2) is 4.53. The van der Waals surface area contributed by atoms with Crippen molar-refractivity contribution in [2.45, 2.75) is 6.42 Å². The van der Waals surface area contributed by atoms with E-state index in [-0.39, 0.29) is 17.8 Å². The number of phenolic OH excluding ortho intramolecular Hbond substituents is 4. The first kappa shape index (κ1) is 12.8. The molecule has 2 rings (SSSR count). The summed E-state index contributed by atoms with van der Waals surface area (Å²) in [6, 6.07) is 1.09. The summed E-state index contributed by atoms with van der Waals surface area (Å²) in [5.41, 5.74) is 0.981. The number of hydrogen-bond donors (Lipinski definition) is 4. The summed E-state index contributed by atoms with van der Waals surface area (Å²) in [6.07, 6.45) is 4.56. The van der Waals surface area contributed by atoms with Gasteiger partial charge in [0.1, 0.15) is 0 Å². The number of hydrogen-bond acceptors (Lipinski definition) is 5. The predicted molar refractivity (Wildman–Crippen MR) is 69.0 cm³/mol. The molecule has 0 saturated heterocycles. The van der Waals surface area contributed by atoms with E-state index in [9.17, 15) is 25.2 Å². The van der Waals surface area contributed by atoms with Gasteiger partial charge in [-0.1, -0.05) is 24.8 Å². The average molecular weight is 260 g/mol. The van der Waals surface area contributed by atoms with Gasteiger partial charge in [-0.3, -0.25) is 4.79 Å². The van der Waals surface area contributed by atoms with E-state index in [1.54, 1.807) is 6.08 Å². The molecule has 0 saturated carbocycles. The van der Waals surface area contributed by atoms with Crippen LogP contribution in [0.25, 0.3) is 5.57 Å². The molecule has 1 aliphatic carbocycles. The van der Waals surface area contributed by atoms with Crippen LogP contribution in [-0.2, 0) is 4.79 Å². The maximum Gasteiger partial charge on any atom is 0.204 e. The third-order valence-corrected chi connectivity index (χ3v) is 2.93. The van der Waals surface area contributed by atoms with E-state index >= 15 is 0 Å². The Hall–Kier alpha value is -2.69. The van der Waals surface area contributed by atoms with Crippen molar-refractivity contribution in [3.8, 4) is 23.0 Å². The van der Waals surface area contributed by atoms with Crippen LogP contribution in [0.3, 0.4) is 0 Å². The maximum atomic E-state index is 11.7. The molecular weight excluding hydrogens is 248 g/mol. The van der Waals surface area contributed by atoms with Crippen molar-refractivity contribution in [2.75, 3.05) is 0 Å². The van der Waals surface area contributed by atoms with Crippen LogP contribution in [0.5, 0.6) is 23.0 Å². The molecule has 4 N–H and O–H groups in total. The number of Topliss-reactive ketones (excluding diaryl/α,β-unsaturated/α-hetero) is 1. The van der Waals surface area contributed by atoms with Crippen molar-refractivity contribution in [2.24, 2.45) is 0 Å². The largest absolute Gasteiger partial charge is 0.504 e. The molecule has 5 nitrogen and oxygen atoms in total. The zero-order valence-electron chi connectivity index (χ0n) is 9.92. The zero-order chi connectivity index (χ0) is 14.2. The number of ketones is 1. The Bertz CT molecular complexity index is 638. The molecule has 1 aromatic rings. The number of benzene rings is 1. The number of carbonyl (C=O) groups is 1. The lowest BCUT2D eigenvalue weighted by atomic mass is 9.91. The lowest BCUT2D eigenvalue weighted by Crippen LogP contribution is -2.05. The number of carbonyl (C=O) groups excluding carboxylic acids is 1. The SMILES string of the molecule is C=CC1=CC=C(c2cc(O)c(O)c(O)c2O)CC1=O. The number of phenols is 4. The third kappa shape index (κ3) is 2.06. The Morgan fingerprint density at radius 3 is 2.32 bits per heavy atom. The van der Waals surface area contributed by atoms with Crippen molar-refractivity contribution in [3.05, 3.63) is 42.0 Å². The normalized spacial score (nSPS) is 14.8. The van der Waals surface area contributed by atoms with Crippen molar-refractivity contribution in [3.63, 3.8) is 0 Å². The Labute approximate surface area is 109 Å². The van der Waals surface area contributed by atoms with Crippen LogP contribution in [0, 0.1) is 0 Å². The predicted octanol–water partition coefficient (Wildman–Crippen LogP) is 1.98. The monoisotopic (exact) mass is 260 g/mol. The van der Waals surface area contributed by atoms with Crippen LogP contribution < -0.4 is 0 Å². The van der Waals surface area contributed by atoms with E-state index in [0.29, 0.717) is 11.1 Å². The van der Waals surface area contributed by atoms with Crippen LogP contribution in [0.4, 0.5) is 0 Å². The summed E-state index contributed by atoms with van der Waals surface area (Å²) in [7, 11) is 0. The molecule has 0 fully saturated rings. The van der Waals surface area contributed by atoms with E-state index < -0.39 is 23.0 Å². The number of rotatable bonds is 2. The van der Waals surface area contributed by atoms with Gasteiger partial charge in [0.05, 0.1) is 0 Å². The summed E-state index contributed by atoms with van der Waals surface area (Å²) in [5.74, 6) is -2.95. The summed E-state index contributed by atoms with van der Waals surface area (Å²) >= 11 is 0. The van der Waals surface area contributed by atoms with Crippen LogP contribution in [0.1, 0.15) is 12.0 Å². The molecule has 0 unspecified atom stereocenters. The molecule has 0 amide bonds. The van der Waals surface area contributed by atoms with E-state index in [1.165, 1.54) is 12.2 Å². The molecule has 98 valence electrons. The van der Waals surface area contributed by atoms with Gasteiger partial charge in [-0.2, -0.15) is 0 Å². The Kier molecular flexibility index (Phi) is 3.04. The molecule has 5 heteroatoms. The quantitative estimate of drug-likeness (QED) is 0.481. The topological polar surface area (TPSA) is 98.0 Å². The first-order valence-corrected chi connectivity index (χ1v) is 5.49. The van der Waals surface area contributed by atoms with Gasteiger partial charge < -0.3 is 20.4 Å². The molecule has 0 aromatic heterocycles. The standard InChI is InChI=1S/C14H12O5/c1-2-7-3-4-8(5-10(7)15)9-6-11(16)13(18)14(19)12(9)17/h2-4,6,16-19H,1,5H2. The molecule has 1 aliphatic rings. The molecule has 0 heterocycles. The highest BCUT2D eigenvalue weighted by Gasteiger charge is 2.22. The van der Waals surface area contributed by atoms with Gasteiger partial charge in [0.25, 0.3) is 0 Å². The van der Waals surface area contributed by atoms with Gasteiger partial charge in [0, 0.05) is 17.6 Å². The van der Waals surface area contributed by atoms with Crippen molar-refractivity contribution in [1.82, 2.24) is 0 Å². The number of aromatic hydroxyl groups is 4. The van der Waals surface area contributed by atoms with Crippen LogP contribution in [-0.4, -0.2) is 26.2 Å². The van der Waals surface area contributed by atoms with Gasteiger partial charge in [0.15, 0.2) is 17.3 Å². The fraction of sp³-hybridized carbons (Fsp3) is 0.0714. The molecular formula is C14H12O5. The Morgan fingerprint density at radius 1 is 1.05 bits per heavy atom. The second-order valence-corrected chi connectivity index (χ2v) is 4.11. The summed E-state index contributed by atoms with van der Waals surface area (Å²) in [6.45, 7) is 3.51. The fourth-order valence-electron chi connectivity index (χ4n) is 1.86. The minimum Gasteiger partial charge on any atom is -0.504 e. The van der Waals surface area contributed by atoms with E-state index in [0.717, 1.165) is 6.07 Å². The maximum absolute atomic E-state index is 11.7. The summed E-state index contributed by atoms with van der Waals surface area (Å²) in [4.78, 5) is 11.7. The first-order chi connectivity index (χ1) is 8.95. The average Bonchev–Trinajstić information content (AvgIpc) is 2.40. The smallest absolute Gasteiger partial charge is 0.204 e. The van der Waals surface area contributed by atoms with Gasteiger partial charge in [-0.05, 0) is 11.6 Å². The first-order valence-electron chi connectivity index (χ1n) is 5.49. The van der Waals surface area contributed by atoms with Gasteiger partial charge in [-0.15, -0.1) is 0 Å². The second-order valence-electron chi connectivity index (χ2n) is 4.11. The molecule has 0 radical (unpaired) electrons.